The van der Waals surface area contributed by atoms with Gasteiger partial charge in [0.25, 0.3) is 0 Å². The van der Waals surface area contributed by atoms with Crippen LogP contribution in [0.1, 0.15) is 24.1 Å². The van der Waals surface area contributed by atoms with Gasteiger partial charge in [-0.2, -0.15) is 0 Å². The average Bonchev–Trinajstić information content (AvgIpc) is 2.91. The van der Waals surface area contributed by atoms with E-state index in [0.29, 0.717) is 0 Å². The van der Waals surface area contributed by atoms with E-state index in [-0.39, 0.29) is 0 Å². The van der Waals surface area contributed by atoms with Crippen molar-refractivity contribution >= 4 is 11.6 Å². The second-order valence-corrected chi connectivity index (χ2v) is 4.94. The maximum Gasteiger partial charge on any atom is 0.135 e. The van der Waals surface area contributed by atoms with Crippen molar-refractivity contribution in [3.05, 3.63) is 64.9 Å². The van der Waals surface area contributed by atoms with Gasteiger partial charge >= 0.3 is 0 Å². The molecule has 0 bridgehead atoms. The zero-order chi connectivity index (χ0) is 12.4. The van der Waals surface area contributed by atoms with Gasteiger partial charge in [0.05, 0.1) is 5.69 Å². The second kappa shape index (κ2) is 4.71. The lowest BCUT2D eigenvalue weighted by Crippen LogP contribution is -2.27. The first kappa shape index (κ1) is 11.7. The maximum atomic E-state index is 6.05. The zero-order valence-electron chi connectivity index (χ0n) is 9.97. The number of rotatable bonds is 2. The Bertz CT molecular complexity index is 518. The molecule has 1 saturated heterocycles. The fraction of sp³-hybridized carbons (Fsp3) is 0.267. The SMILES string of the molecule is Clc1ccc([C@]2(c3ccccn3)CCCO2)cc1. The smallest absolute Gasteiger partial charge is 0.135 e. The van der Waals surface area contributed by atoms with Crippen LogP contribution in [-0.2, 0) is 10.3 Å². The van der Waals surface area contributed by atoms with Crippen LogP contribution in [0.15, 0.2) is 48.7 Å². The van der Waals surface area contributed by atoms with Crippen LogP contribution >= 0.6 is 11.6 Å². The van der Waals surface area contributed by atoms with Crippen LogP contribution in [-0.4, -0.2) is 11.6 Å². The summed E-state index contributed by atoms with van der Waals surface area (Å²) in [5.74, 6) is 0. The molecule has 1 fully saturated rings. The molecule has 1 atom stereocenters. The fourth-order valence-corrected chi connectivity index (χ4v) is 2.66. The van der Waals surface area contributed by atoms with E-state index in [1.807, 2.05) is 48.7 Å². The molecular formula is C15H14ClNO. The van der Waals surface area contributed by atoms with Crippen molar-refractivity contribution in [2.75, 3.05) is 6.61 Å². The van der Waals surface area contributed by atoms with E-state index >= 15 is 0 Å². The summed E-state index contributed by atoms with van der Waals surface area (Å²) in [6, 6.07) is 13.8. The van der Waals surface area contributed by atoms with Gasteiger partial charge in [-0.1, -0.05) is 29.8 Å². The molecule has 0 aliphatic carbocycles. The highest BCUT2D eigenvalue weighted by Crippen LogP contribution is 2.41. The highest BCUT2D eigenvalue weighted by Gasteiger charge is 2.39. The zero-order valence-corrected chi connectivity index (χ0v) is 10.7. The Labute approximate surface area is 112 Å². The van der Waals surface area contributed by atoms with E-state index in [2.05, 4.69) is 4.98 Å². The maximum absolute atomic E-state index is 6.05. The molecule has 0 radical (unpaired) electrons. The molecular weight excluding hydrogens is 246 g/mol. The summed E-state index contributed by atoms with van der Waals surface area (Å²) in [5, 5.41) is 0.743. The third-order valence-corrected chi connectivity index (χ3v) is 3.66. The predicted molar refractivity (Wildman–Crippen MR) is 71.7 cm³/mol. The first-order valence-corrected chi connectivity index (χ1v) is 6.51. The molecule has 1 aromatic heterocycles. The topological polar surface area (TPSA) is 22.1 Å². The third-order valence-electron chi connectivity index (χ3n) is 3.41. The first-order valence-electron chi connectivity index (χ1n) is 6.13. The Morgan fingerprint density at radius 1 is 1.11 bits per heavy atom. The van der Waals surface area contributed by atoms with Crippen molar-refractivity contribution in [3.8, 4) is 0 Å². The number of benzene rings is 1. The van der Waals surface area contributed by atoms with Gasteiger partial charge in [-0.25, -0.2) is 0 Å². The van der Waals surface area contributed by atoms with Gasteiger partial charge in [0.2, 0.25) is 0 Å². The second-order valence-electron chi connectivity index (χ2n) is 4.50. The average molecular weight is 260 g/mol. The summed E-state index contributed by atoms with van der Waals surface area (Å²) in [4.78, 5) is 4.47. The van der Waals surface area contributed by atoms with Crippen LogP contribution in [0.25, 0.3) is 0 Å². The lowest BCUT2D eigenvalue weighted by Gasteiger charge is -2.28. The van der Waals surface area contributed by atoms with Gasteiger partial charge < -0.3 is 4.74 Å². The van der Waals surface area contributed by atoms with Crippen molar-refractivity contribution in [3.63, 3.8) is 0 Å². The van der Waals surface area contributed by atoms with E-state index in [9.17, 15) is 0 Å². The fourth-order valence-electron chi connectivity index (χ4n) is 2.54. The van der Waals surface area contributed by atoms with Crippen LogP contribution in [0.2, 0.25) is 5.02 Å². The molecule has 1 aromatic carbocycles. The molecule has 0 N–H and O–H groups in total. The van der Waals surface area contributed by atoms with Crippen LogP contribution in [0.3, 0.4) is 0 Å². The Hall–Kier alpha value is -1.38. The van der Waals surface area contributed by atoms with Crippen molar-refractivity contribution in [2.24, 2.45) is 0 Å². The van der Waals surface area contributed by atoms with Crippen LogP contribution < -0.4 is 0 Å². The number of nitrogens with zero attached hydrogens (tertiary/aromatic N) is 1. The molecule has 1 aliphatic rings. The number of ether oxygens (including phenoxy) is 1. The summed E-state index contributed by atoms with van der Waals surface area (Å²) in [7, 11) is 0. The number of halogens is 1. The summed E-state index contributed by atoms with van der Waals surface area (Å²) < 4.78 is 6.05. The predicted octanol–water partition coefficient (Wildman–Crippen LogP) is 3.79. The van der Waals surface area contributed by atoms with Crippen molar-refractivity contribution in [1.82, 2.24) is 4.98 Å². The van der Waals surface area contributed by atoms with E-state index in [4.69, 9.17) is 16.3 Å². The largest absolute Gasteiger partial charge is 0.364 e. The van der Waals surface area contributed by atoms with Crippen LogP contribution in [0, 0.1) is 0 Å². The number of pyridine rings is 1. The van der Waals surface area contributed by atoms with Gasteiger partial charge in [0, 0.05) is 17.8 Å². The number of hydrogen-bond acceptors (Lipinski definition) is 2. The number of aromatic nitrogens is 1. The van der Waals surface area contributed by atoms with Crippen molar-refractivity contribution in [1.29, 1.82) is 0 Å². The summed E-state index contributed by atoms with van der Waals surface area (Å²) in [5.41, 5.74) is 1.71. The van der Waals surface area contributed by atoms with E-state index in [1.165, 1.54) is 0 Å². The minimum absolute atomic E-state index is 0.397. The molecule has 3 rings (SSSR count). The highest BCUT2D eigenvalue weighted by atomic mass is 35.5. The molecule has 18 heavy (non-hydrogen) atoms. The molecule has 2 heterocycles. The van der Waals surface area contributed by atoms with Gasteiger partial charge in [-0.05, 0) is 42.7 Å². The quantitative estimate of drug-likeness (QED) is 0.819. The van der Waals surface area contributed by atoms with Crippen LogP contribution in [0.5, 0.6) is 0 Å². The summed E-state index contributed by atoms with van der Waals surface area (Å²) in [6.45, 7) is 0.777. The highest BCUT2D eigenvalue weighted by molar-refractivity contribution is 6.30. The Morgan fingerprint density at radius 2 is 1.94 bits per heavy atom. The van der Waals surface area contributed by atoms with Gasteiger partial charge in [0.1, 0.15) is 5.60 Å². The normalized spacial score (nSPS) is 23.2. The van der Waals surface area contributed by atoms with Crippen LogP contribution in [0.4, 0.5) is 0 Å². The molecule has 0 amide bonds. The minimum atomic E-state index is -0.397. The minimum Gasteiger partial charge on any atom is -0.364 e. The molecule has 92 valence electrons. The Morgan fingerprint density at radius 3 is 2.56 bits per heavy atom. The van der Waals surface area contributed by atoms with E-state index in [1.54, 1.807) is 0 Å². The molecule has 2 nitrogen and oxygen atoms in total. The summed E-state index contributed by atoms with van der Waals surface area (Å²) in [6.07, 6.45) is 3.83. The van der Waals surface area contributed by atoms with E-state index < -0.39 is 5.60 Å². The monoisotopic (exact) mass is 259 g/mol. The third kappa shape index (κ3) is 1.92. The lowest BCUT2D eigenvalue weighted by molar-refractivity contribution is 0.0324. The standard InChI is InChI=1S/C15H14ClNO/c16-13-7-5-12(6-8-13)15(9-3-11-18-15)14-4-1-2-10-17-14/h1-2,4-8,10H,3,9,11H2/t15-/m0/s1. The van der Waals surface area contributed by atoms with Crippen molar-refractivity contribution < 1.29 is 4.74 Å². The molecule has 0 spiro atoms. The molecule has 1 aliphatic heterocycles. The molecule has 2 aromatic rings. The molecule has 0 unspecified atom stereocenters. The lowest BCUT2D eigenvalue weighted by atomic mass is 9.87. The molecule has 3 heteroatoms. The Balaban J connectivity index is 2.10. The Kier molecular flexibility index (Phi) is 3.06. The summed E-state index contributed by atoms with van der Waals surface area (Å²) >= 11 is 5.95. The van der Waals surface area contributed by atoms with Gasteiger partial charge in [-0.15, -0.1) is 0 Å². The van der Waals surface area contributed by atoms with Crippen molar-refractivity contribution in [2.45, 2.75) is 18.4 Å². The van der Waals surface area contributed by atoms with E-state index in [0.717, 1.165) is 35.7 Å². The van der Waals surface area contributed by atoms with Gasteiger partial charge in [0.15, 0.2) is 0 Å². The number of hydrogen-bond donors (Lipinski definition) is 0. The first-order chi connectivity index (χ1) is 8.81. The molecule has 0 saturated carbocycles. The van der Waals surface area contributed by atoms with Gasteiger partial charge in [-0.3, -0.25) is 4.98 Å².